The number of halogens is 1. The SMILES string of the molecule is CCC1(CC)COC(c2csc(Cl)c2)CN1. The zero-order valence-corrected chi connectivity index (χ0v) is 11.3. The molecule has 1 aromatic heterocycles. The van der Waals surface area contributed by atoms with Crippen molar-refractivity contribution in [3.63, 3.8) is 0 Å². The second kappa shape index (κ2) is 5.05. The molecule has 0 bridgehead atoms. The van der Waals surface area contributed by atoms with Crippen LogP contribution < -0.4 is 5.32 Å². The fourth-order valence-electron chi connectivity index (χ4n) is 2.09. The monoisotopic (exact) mass is 259 g/mol. The van der Waals surface area contributed by atoms with E-state index >= 15 is 0 Å². The highest BCUT2D eigenvalue weighted by Crippen LogP contribution is 2.31. The van der Waals surface area contributed by atoms with Gasteiger partial charge in [0.15, 0.2) is 0 Å². The van der Waals surface area contributed by atoms with Gasteiger partial charge in [0.05, 0.1) is 17.0 Å². The van der Waals surface area contributed by atoms with E-state index in [1.165, 1.54) is 5.56 Å². The minimum atomic E-state index is 0.162. The largest absolute Gasteiger partial charge is 0.370 e. The summed E-state index contributed by atoms with van der Waals surface area (Å²) in [6, 6.07) is 2.00. The average molecular weight is 260 g/mol. The third kappa shape index (κ3) is 2.43. The first-order valence-corrected chi connectivity index (χ1v) is 7.05. The maximum atomic E-state index is 5.96. The standard InChI is InChI=1S/C12H18ClNOS/c1-3-12(4-2)8-15-10(6-14-12)9-5-11(13)16-7-9/h5,7,10,14H,3-4,6,8H2,1-2H3. The molecule has 1 aliphatic heterocycles. The van der Waals surface area contributed by atoms with Gasteiger partial charge in [0, 0.05) is 12.1 Å². The molecule has 2 nitrogen and oxygen atoms in total. The molecule has 4 heteroatoms. The van der Waals surface area contributed by atoms with Crippen molar-refractivity contribution < 1.29 is 4.74 Å². The van der Waals surface area contributed by atoms with Gasteiger partial charge in [0.1, 0.15) is 0 Å². The van der Waals surface area contributed by atoms with E-state index in [1.807, 2.05) is 6.07 Å². The molecule has 2 heterocycles. The fourth-order valence-corrected chi connectivity index (χ4v) is 3.02. The Morgan fingerprint density at radius 2 is 2.31 bits per heavy atom. The lowest BCUT2D eigenvalue weighted by molar-refractivity contribution is -0.0372. The number of ether oxygens (including phenoxy) is 1. The van der Waals surface area contributed by atoms with Gasteiger partial charge in [-0.05, 0) is 29.9 Å². The van der Waals surface area contributed by atoms with E-state index in [0.717, 1.165) is 30.3 Å². The molecule has 0 spiro atoms. The van der Waals surface area contributed by atoms with Crippen LogP contribution in [0.25, 0.3) is 0 Å². The van der Waals surface area contributed by atoms with Gasteiger partial charge in [0.2, 0.25) is 0 Å². The van der Waals surface area contributed by atoms with Crippen LogP contribution in [0.2, 0.25) is 4.34 Å². The fraction of sp³-hybridized carbons (Fsp3) is 0.667. The summed E-state index contributed by atoms with van der Waals surface area (Å²) in [5.74, 6) is 0. The Morgan fingerprint density at radius 1 is 1.56 bits per heavy atom. The molecule has 0 amide bonds. The molecule has 1 fully saturated rings. The molecule has 1 atom stereocenters. The van der Waals surface area contributed by atoms with E-state index in [1.54, 1.807) is 11.3 Å². The Labute approximate surface area is 106 Å². The number of nitrogens with one attached hydrogen (secondary N) is 1. The van der Waals surface area contributed by atoms with Gasteiger partial charge < -0.3 is 10.1 Å². The van der Waals surface area contributed by atoms with Crippen LogP contribution in [-0.2, 0) is 4.74 Å². The van der Waals surface area contributed by atoms with Crippen molar-refractivity contribution in [3.05, 3.63) is 21.3 Å². The molecule has 16 heavy (non-hydrogen) atoms. The molecule has 1 aromatic rings. The third-order valence-electron chi connectivity index (χ3n) is 3.54. The van der Waals surface area contributed by atoms with Crippen LogP contribution in [0.15, 0.2) is 11.4 Å². The van der Waals surface area contributed by atoms with E-state index in [-0.39, 0.29) is 11.6 Å². The molecule has 1 saturated heterocycles. The van der Waals surface area contributed by atoms with Gasteiger partial charge in [-0.2, -0.15) is 0 Å². The smallest absolute Gasteiger partial charge is 0.0958 e. The maximum absolute atomic E-state index is 5.96. The van der Waals surface area contributed by atoms with Crippen molar-refractivity contribution in [3.8, 4) is 0 Å². The van der Waals surface area contributed by atoms with E-state index in [9.17, 15) is 0 Å². The summed E-state index contributed by atoms with van der Waals surface area (Å²) in [4.78, 5) is 0. The van der Waals surface area contributed by atoms with Crippen molar-refractivity contribution in [1.82, 2.24) is 5.32 Å². The highest BCUT2D eigenvalue weighted by Gasteiger charge is 2.33. The second-order valence-electron chi connectivity index (χ2n) is 4.35. The predicted octanol–water partition coefficient (Wildman–Crippen LogP) is 3.62. The first-order chi connectivity index (χ1) is 7.69. The van der Waals surface area contributed by atoms with Gasteiger partial charge in [-0.1, -0.05) is 25.4 Å². The summed E-state index contributed by atoms with van der Waals surface area (Å²) in [6.45, 7) is 6.09. The van der Waals surface area contributed by atoms with E-state index in [4.69, 9.17) is 16.3 Å². The van der Waals surface area contributed by atoms with E-state index < -0.39 is 0 Å². The summed E-state index contributed by atoms with van der Waals surface area (Å²) >= 11 is 7.50. The van der Waals surface area contributed by atoms with E-state index in [2.05, 4.69) is 24.5 Å². The van der Waals surface area contributed by atoms with Gasteiger partial charge in [0.25, 0.3) is 0 Å². The summed E-state index contributed by atoms with van der Waals surface area (Å²) in [7, 11) is 0. The van der Waals surface area contributed by atoms with E-state index in [0.29, 0.717) is 0 Å². The molecule has 1 N–H and O–H groups in total. The van der Waals surface area contributed by atoms with Crippen molar-refractivity contribution in [2.24, 2.45) is 0 Å². The quantitative estimate of drug-likeness (QED) is 0.895. The zero-order valence-electron chi connectivity index (χ0n) is 9.75. The number of hydrogen-bond acceptors (Lipinski definition) is 3. The van der Waals surface area contributed by atoms with Crippen LogP contribution in [0, 0.1) is 0 Å². The van der Waals surface area contributed by atoms with Crippen molar-refractivity contribution in [1.29, 1.82) is 0 Å². The first kappa shape index (κ1) is 12.4. The van der Waals surface area contributed by atoms with Crippen LogP contribution in [0.4, 0.5) is 0 Å². The molecule has 0 aliphatic carbocycles. The molecular weight excluding hydrogens is 242 g/mol. The molecule has 90 valence electrons. The van der Waals surface area contributed by atoms with Crippen LogP contribution in [0.5, 0.6) is 0 Å². The molecule has 1 unspecified atom stereocenters. The topological polar surface area (TPSA) is 21.3 Å². The molecule has 1 aliphatic rings. The summed E-state index contributed by atoms with van der Waals surface area (Å²) in [6.07, 6.45) is 2.39. The Morgan fingerprint density at radius 3 is 2.75 bits per heavy atom. The van der Waals surface area contributed by atoms with Gasteiger partial charge >= 0.3 is 0 Å². The Kier molecular flexibility index (Phi) is 3.90. The molecule has 0 aromatic carbocycles. The minimum absolute atomic E-state index is 0.162. The maximum Gasteiger partial charge on any atom is 0.0958 e. The van der Waals surface area contributed by atoms with Crippen LogP contribution in [0.1, 0.15) is 38.4 Å². The van der Waals surface area contributed by atoms with Crippen LogP contribution in [0.3, 0.4) is 0 Å². The number of hydrogen-bond donors (Lipinski definition) is 1. The number of thiophene rings is 1. The lowest BCUT2D eigenvalue weighted by Gasteiger charge is -2.40. The van der Waals surface area contributed by atoms with Gasteiger partial charge in [-0.15, -0.1) is 11.3 Å². The molecular formula is C12H18ClNOS. The lowest BCUT2D eigenvalue weighted by atomic mass is 9.91. The highest BCUT2D eigenvalue weighted by atomic mass is 35.5. The molecule has 0 saturated carbocycles. The number of rotatable bonds is 3. The van der Waals surface area contributed by atoms with Crippen molar-refractivity contribution in [2.45, 2.75) is 38.3 Å². The summed E-state index contributed by atoms with van der Waals surface area (Å²) in [5.41, 5.74) is 1.37. The normalized spacial score (nSPS) is 24.6. The van der Waals surface area contributed by atoms with Crippen molar-refractivity contribution >= 4 is 22.9 Å². The summed E-state index contributed by atoms with van der Waals surface area (Å²) in [5, 5.41) is 5.71. The zero-order chi connectivity index (χ0) is 11.6. The first-order valence-electron chi connectivity index (χ1n) is 5.79. The molecule has 0 radical (unpaired) electrons. The van der Waals surface area contributed by atoms with Crippen LogP contribution >= 0.6 is 22.9 Å². The van der Waals surface area contributed by atoms with Crippen molar-refractivity contribution in [2.75, 3.05) is 13.2 Å². The Bertz CT molecular complexity index is 339. The Hall–Kier alpha value is -0.0900. The number of morpholine rings is 1. The predicted molar refractivity (Wildman–Crippen MR) is 69.3 cm³/mol. The molecule has 2 rings (SSSR count). The lowest BCUT2D eigenvalue weighted by Crippen LogP contribution is -2.54. The second-order valence-corrected chi connectivity index (χ2v) is 5.89. The summed E-state index contributed by atoms with van der Waals surface area (Å²) < 4.78 is 6.80. The van der Waals surface area contributed by atoms with Gasteiger partial charge in [-0.25, -0.2) is 0 Å². The van der Waals surface area contributed by atoms with Crippen LogP contribution in [-0.4, -0.2) is 18.7 Å². The van der Waals surface area contributed by atoms with Gasteiger partial charge in [-0.3, -0.25) is 0 Å². The Balaban J connectivity index is 1.99. The average Bonchev–Trinajstić information content (AvgIpc) is 2.76. The third-order valence-corrected chi connectivity index (χ3v) is 4.65. The highest BCUT2D eigenvalue weighted by molar-refractivity contribution is 7.14. The minimum Gasteiger partial charge on any atom is -0.370 e.